The van der Waals surface area contributed by atoms with E-state index in [4.69, 9.17) is 0 Å². The number of carbonyl (C=O) groups is 1. The fourth-order valence-corrected chi connectivity index (χ4v) is 4.64. The smallest absolute Gasteiger partial charge is 0.295 e. The fraction of sp³-hybridized carbons (Fsp3) is 0.250. The van der Waals surface area contributed by atoms with Crippen LogP contribution in [0.2, 0.25) is 0 Å². The van der Waals surface area contributed by atoms with Crippen LogP contribution in [0.4, 0.5) is 5.69 Å². The van der Waals surface area contributed by atoms with Crippen molar-refractivity contribution in [3.05, 3.63) is 81.0 Å². The molecule has 1 amide bonds. The molecule has 0 bridgehead atoms. The molecule has 0 radical (unpaired) electrons. The van der Waals surface area contributed by atoms with Gasteiger partial charge in [0.05, 0.1) is 27.5 Å². The molecule has 0 saturated carbocycles. The van der Waals surface area contributed by atoms with Crippen molar-refractivity contribution in [1.29, 1.82) is 0 Å². The minimum Gasteiger partial charge on any atom is -0.319 e. The third-order valence-corrected chi connectivity index (χ3v) is 6.69. The maximum atomic E-state index is 13.1. The summed E-state index contributed by atoms with van der Waals surface area (Å²) in [4.78, 5) is 43.6. The number of hydrogen-bond donors (Lipinski definition) is 1. The Hall–Kier alpha value is -3.59. The van der Waals surface area contributed by atoms with Gasteiger partial charge in [-0.05, 0) is 45.0 Å². The number of thioether (sulfide) groups is 1. The van der Waals surface area contributed by atoms with Crippen LogP contribution in [0.3, 0.4) is 0 Å². The molecule has 9 heteroatoms. The van der Waals surface area contributed by atoms with Gasteiger partial charge in [-0.2, -0.15) is 0 Å². The lowest BCUT2D eigenvalue weighted by Gasteiger charge is -2.15. The number of fused-ring (bicyclic) bond motifs is 1. The fourth-order valence-electron chi connectivity index (χ4n) is 3.67. The summed E-state index contributed by atoms with van der Waals surface area (Å²) in [7, 11) is 1.77. The van der Waals surface area contributed by atoms with Crippen LogP contribution in [0.5, 0.6) is 0 Å². The zero-order chi connectivity index (χ0) is 23.7. The number of aromatic nitrogens is 4. The molecule has 33 heavy (non-hydrogen) atoms. The summed E-state index contributed by atoms with van der Waals surface area (Å²) in [6.45, 7) is 5.82. The number of nitrogens with zero attached hydrogens (tertiary/aromatic N) is 4. The minimum absolute atomic E-state index is 0.136. The molecule has 1 atom stereocenters. The molecule has 170 valence electrons. The highest BCUT2D eigenvalue weighted by Gasteiger charge is 2.23. The van der Waals surface area contributed by atoms with Crippen molar-refractivity contribution in [2.24, 2.45) is 7.05 Å². The number of anilines is 1. The molecule has 4 rings (SSSR count). The van der Waals surface area contributed by atoms with E-state index in [1.807, 2.05) is 43.3 Å². The van der Waals surface area contributed by atoms with Crippen LogP contribution in [0, 0.1) is 6.92 Å². The van der Waals surface area contributed by atoms with Crippen LogP contribution < -0.4 is 16.4 Å². The molecule has 0 aliphatic rings. The Labute approximate surface area is 194 Å². The Morgan fingerprint density at radius 3 is 2.42 bits per heavy atom. The van der Waals surface area contributed by atoms with E-state index < -0.39 is 5.25 Å². The first-order valence-electron chi connectivity index (χ1n) is 10.6. The molecule has 4 aromatic rings. The monoisotopic (exact) mass is 463 g/mol. The Morgan fingerprint density at radius 2 is 1.73 bits per heavy atom. The summed E-state index contributed by atoms with van der Waals surface area (Å²) < 4.78 is 4.79. The second kappa shape index (κ2) is 9.11. The van der Waals surface area contributed by atoms with Crippen molar-refractivity contribution >= 4 is 34.3 Å². The molecule has 1 N–H and O–H groups in total. The van der Waals surface area contributed by atoms with Gasteiger partial charge in [-0.15, -0.1) is 0 Å². The number of para-hydroxylation sites is 2. The van der Waals surface area contributed by atoms with Gasteiger partial charge in [0.2, 0.25) is 5.91 Å². The Kier molecular flexibility index (Phi) is 6.24. The molecule has 2 aromatic heterocycles. The molecule has 0 saturated heterocycles. The topological polar surface area (TPSA) is 90.9 Å². The quantitative estimate of drug-likeness (QED) is 0.350. The van der Waals surface area contributed by atoms with E-state index in [1.165, 1.54) is 16.4 Å². The second-order valence-electron chi connectivity index (χ2n) is 7.65. The molecule has 1 unspecified atom stereocenters. The average molecular weight is 464 g/mol. The third-order valence-electron chi connectivity index (χ3n) is 5.60. The maximum absolute atomic E-state index is 13.1. The van der Waals surface area contributed by atoms with Crippen molar-refractivity contribution in [3.8, 4) is 5.69 Å². The van der Waals surface area contributed by atoms with E-state index in [-0.39, 0.29) is 22.7 Å². The average Bonchev–Trinajstić information content (AvgIpc) is 3.03. The number of rotatable bonds is 6. The van der Waals surface area contributed by atoms with Gasteiger partial charge >= 0.3 is 0 Å². The Morgan fingerprint density at radius 1 is 1.06 bits per heavy atom. The maximum Gasteiger partial charge on any atom is 0.295 e. The van der Waals surface area contributed by atoms with Crippen LogP contribution in [-0.4, -0.2) is 30.1 Å². The summed E-state index contributed by atoms with van der Waals surface area (Å²) in [5.74, 6) is -0.337. The highest BCUT2D eigenvalue weighted by atomic mass is 32.2. The van der Waals surface area contributed by atoms with Crippen LogP contribution in [0.1, 0.15) is 19.5 Å². The molecule has 8 nitrogen and oxygen atoms in total. The third kappa shape index (κ3) is 4.11. The molecule has 0 aliphatic carbocycles. The lowest BCUT2D eigenvalue weighted by atomic mass is 10.2. The van der Waals surface area contributed by atoms with Gasteiger partial charge in [0.1, 0.15) is 5.69 Å². The molecule has 0 spiro atoms. The number of benzene rings is 2. The van der Waals surface area contributed by atoms with Crippen LogP contribution in [0.15, 0.2) is 69.3 Å². The largest absolute Gasteiger partial charge is 0.319 e. The number of nitrogens with one attached hydrogen (secondary N) is 1. The first kappa shape index (κ1) is 22.6. The molecule has 2 aromatic carbocycles. The van der Waals surface area contributed by atoms with E-state index in [0.29, 0.717) is 34.0 Å². The van der Waals surface area contributed by atoms with Gasteiger partial charge in [0.15, 0.2) is 5.16 Å². The van der Waals surface area contributed by atoms with E-state index >= 15 is 0 Å². The van der Waals surface area contributed by atoms with Gasteiger partial charge in [0, 0.05) is 13.6 Å². The van der Waals surface area contributed by atoms with Crippen LogP contribution >= 0.6 is 11.8 Å². The van der Waals surface area contributed by atoms with E-state index in [0.717, 1.165) is 0 Å². The zero-order valence-electron chi connectivity index (χ0n) is 18.9. The first-order valence-corrected chi connectivity index (χ1v) is 11.5. The van der Waals surface area contributed by atoms with Gasteiger partial charge in [-0.25, -0.2) is 9.67 Å². The van der Waals surface area contributed by atoms with Gasteiger partial charge in [0.25, 0.3) is 11.1 Å². The Bertz CT molecular complexity index is 1450. The number of amides is 1. The molecule has 2 heterocycles. The minimum atomic E-state index is -0.583. The van der Waals surface area contributed by atoms with E-state index in [2.05, 4.69) is 10.3 Å². The van der Waals surface area contributed by atoms with E-state index in [1.54, 1.807) is 48.3 Å². The van der Waals surface area contributed by atoms with Crippen molar-refractivity contribution in [3.63, 3.8) is 0 Å². The summed E-state index contributed by atoms with van der Waals surface area (Å²) >= 11 is 1.19. The standard InChI is InChI=1S/C24H25N5O3S/c1-5-28-22(31)18-13-9-10-14-19(18)25-24(28)33-16(3)21(30)26-20-15(2)27(4)29(23(20)32)17-11-7-6-8-12-17/h6-14,16H,5H2,1-4H3,(H,26,30). The predicted octanol–water partition coefficient (Wildman–Crippen LogP) is 3.33. The summed E-state index contributed by atoms with van der Waals surface area (Å²) in [6.07, 6.45) is 0. The van der Waals surface area contributed by atoms with Gasteiger partial charge in [-0.3, -0.25) is 23.6 Å². The highest BCUT2D eigenvalue weighted by molar-refractivity contribution is 8.00. The molecule has 0 aliphatic heterocycles. The van der Waals surface area contributed by atoms with Crippen LogP contribution in [0.25, 0.3) is 16.6 Å². The van der Waals surface area contributed by atoms with Crippen molar-refractivity contribution in [1.82, 2.24) is 18.9 Å². The van der Waals surface area contributed by atoms with Crippen molar-refractivity contribution < 1.29 is 4.79 Å². The highest BCUT2D eigenvalue weighted by Crippen LogP contribution is 2.24. The lowest BCUT2D eigenvalue weighted by Crippen LogP contribution is -2.28. The molecular formula is C24H25N5O3S. The summed E-state index contributed by atoms with van der Waals surface area (Å²) in [6, 6.07) is 16.4. The van der Waals surface area contributed by atoms with Crippen LogP contribution in [-0.2, 0) is 18.4 Å². The van der Waals surface area contributed by atoms with E-state index in [9.17, 15) is 14.4 Å². The number of carbonyl (C=O) groups excluding carboxylic acids is 1. The number of hydrogen-bond acceptors (Lipinski definition) is 5. The Balaban J connectivity index is 1.62. The second-order valence-corrected chi connectivity index (χ2v) is 8.95. The van der Waals surface area contributed by atoms with Crippen molar-refractivity contribution in [2.75, 3.05) is 5.32 Å². The summed E-state index contributed by atoms with van der Waals surface area (Å²) in [5, 5.41) is 3.22. The molecule has 0 fully saturated rings. The normalized spacial score (nSPS) is 12.1. The zero-order valence-corrected chi connectivity index (χ0v) is 19.7. The van der Waals surface area contributed by atoms with Gasteiger partial charge < -0.3 is 5.32 Å². The SMILES string of the molecule is CCn1c(SC(C)C(=O)Nc2c(C)n(C)n(-c3ccccc3)c2=O)nc2ccccc2c1=O. The lowest BCUT2D eigenvalue weighted by molar-refractivity contribution is -0.115. The van der Waals surface area contributed by atoms with Crippen molar-refractivity contribution in [2.45, 2.75) is 37.7 Å². The first-order chi connectivity index (χ1) is 15.8. The van der Waals surface area contributed by atoms with Gasteiger partial charge in [-0.1, -0.05) is 42.1 Å². The molecular weight excluding hydrogens is 438 g/mol. The summed E-state index contributed by atoms with van der Waals surface area (Å²) in [5.41, 5.74) is 1.74. The predicted molar refractivity (Wildman–Crippen MR) is 131 cm³/mol.